The Hall–Kier alpha value is -2.99. The Kier molecular flexibility index (Phi) is 6.39. The van der Waals surface area contributed by atoms with Gasteiger partial charge in [0.25, 0.3) is 12.4 Å². The van der Waals surface area contributed by atoms with Crippen molar-refractivity contribution in [2.75, 3.05) is 19.8 Å². The third kappa shape index (κ3) is 4.44. The van der Waals surface area contributed by atoms with E-state index in [0.29, 0.717) is 56.4 Å². The fourth-order valence-electron chi connectivity index (χ4n) is 4.09. The molecule has 2 aromatic rings. The van der Waals surface area contributed by atoms with Crippen LogP contribution in [0.15, 0.2) is 16.7 Å². The lowest BCUT2D eigenvalue weighted by Gasteiger charge is -2.34. The quantitative estimate of drug-likeness (QED) is 0.458. The van der Waals surface area contributed by atoms with Crippen LogP contribution in [0.4, 0.5) is 13.2 Å². The third-order valence-corrected chi connectivity index (χ3v) is 6.01. The Morgan fingerprint density at radius 2 is 2.06 bits per heavy atom. The van der Waals surface area contributed by atoms with Gasteiger partial charge in [-0.2, -0.15) is 4.98 Å². The van der Waals surface area contributed by atoms with E-state index >= 15 is 0 Å². The van der Waals surface area contributed by atoms with E-state index in [4.69, 9.17) is 19.7 Å². The van der Waals surface area contributed by atoms with Gasteiger partial charge in [0.05, 0.1) is 30.7 Å². The van der Waals surface area contributed by atoms with E-state index < -0.39 is 41.5 Å². The van der Waals surface area contributed by atoms with Crippen LogP contribution < -0.4 is 5.73 Å². The van der Waals surface area contributed by atoms with Crippen molar-refractivity contribution in [3.8, 4) is 0 Å². The molecular weight excluding hydrogens is 445 g/mol. The second-order valence-corrected chi connectivity index (χ2v) is 8.58. The van der Waals surface area contributed by atoms with Crippen molar-refractivity contribution in [1.29, 1.82) is 0 Å². The molecular formula is C21H23F3N4O5. The van der Waals surface area contributed by atoms with Gasteiger partial charge in [-0.05, 0) is 37.8 Å². The smallest absolute Gasteiger partial charge is 0.293 e. The molecule has 0 aliphatic carbocycles. The van der Waals surface area contributed by atoms with Crippen LogP contribution in [0, 0.1) is 17.5 Å². The zero-order valence-corrected chi connectivity index (χ0v) is 17.8. The van der Waals surface area contributed by atoms with Crippen molar-refractivity contribution in [3.63, 3.8) is 0 Å². The second kappa shape index (κ2) is 9.10. The van der Waals surface area contributed by atoms with Gasteiger partial charge in [0.2, 0.25) is 5.89 Å². The lowest BCUT2D eigenvalue weighted by molar-refractivity contribution is -0.153. The summed E-state index contributed by atoms with van der Waals surface area (Å²) in [5.41, 5.74) is 5.43. The van der Waals surface area contributed by atoms with Crippen LogP contribution in [-0.4, -0.2) is 59.3 Å². The molecule has 0 bridgehead atoms. The molecule has 2 aliphatic rings. The number of benzene rings is 1. The number of rotatable bonds is 8. The molecule has 4 rings (SSSR count). The van der Waals surface area contributed by atoms with Crippen molar-refractivity contribution in [1.82, 2.24) is 15.0 Å². The van der Waals surface area contributed by atoms with Crippen LogP contribution in [0.1, 0.15) is 43.1 Å². The normalized spacial score (nSPS) is 21.4. The first kappa shape index (κ1) is 23.2. The molecule has 2 fully saturated rings. The van der Waals surface area contributed by atoms with Gasteiger partial charge >= 0.3 is 0 Å². The van der Waals surface area contributed by atoms with Gasteiger partial charge in [0.1, 0.15) is 5.82 Å². The average Bonchev–Trinajstić information content (AvgIpc) is 3.43. The molecule has 2 aliphatic heterocycles. The van der Waals surface area contributed by atoms with Crippen molar-refractivity contribution in [2.24, 2.45) is 5.73 Å². The highest BCUT2D eigenvalue weighted by Crippen LogP contribution is 2.35. The van der Waals surface area contributed by atoms with E-state index in [0.717, 1.165) is 0 Å². The fourth-order valence-corrected chi connectivity index (χ4v) is 4.09. The summed E-state index contributed by atoms with van der Waals surface area (Å²) in [4.78, 5) is 30.2. The Morgan fingerprint density at radius 1 is 1.33 bits per heavy atom. The monoisotopic (exact) mass is 468 g/mol. The van der Waals surface area contributed by atoms with Gasteiger partial charge in [-0.3, -0.25) is 9.59 Å². The van der Waals surface area contributed by atoms with Gasteiger partial charge in [0, 0.05) is 12.6 Å². The lowest BCUT2D eigenvalue weighted by atomic mass is 9.89. The van der Waals surface area contributed by atoms with E-state index in [1.807, 2.05) is 6.92 Å². The molecule has 0 saturated carbocycles. The number of hydrogen-bond acceptors (Lipinski definition) is 8. The molecule has 3 heterocycles. The minimum absolute atomic E-state index is 0.0684. The molecule has 0 radical (unpaired) electrons. The minimum atomic E-state index is -1.47. The number of halogens is 3. The van der Waals surface area contributed by atoms with Crippen molar-refractivity contribution >= 4 is 12.4 Å². The number of carbonyl (C=O) groups is 2. The molecule has 2 saturated heterocycles. The van der Waals surface area contributed by atoms with Crippen molar-refractivity contribution in [2.45, 2.75) is 49.8 Å². The Labute approximate surface area is 187 Å². The number of aromatic nitrogens is 2. The number of nitrogens with zero attached hydrogens (tertiary/aromatic N) is 3. The van der Waals surface area contributed by atoms with Crippen LogP contribution in [-0.2, 0) is 30.9 Å². The maximum Gasteiger partial charge on any atom is 0.293 e. The summed E-state index contributed by atoms with van der Waals surface area (Å²) >= 11 is 0. The topological polar surface area (TPSA) is 121 Å². The molecule has 1 aromatic carbocycles. The molecule has 2 N–H and O–H groups in total. The largest absolute Gasteiger partial charge is 0.453 e. The first-order valence-corrected chi connectivity index (χ1v) is 10.4. The Morgan fingerprint density at radius 3 is 2.73 bits per heavy atom. The van der Waals surface area contributed by atoms with Crippen LogP contribution >= 0.6 is 0 Å². The highest BCUT2D eigenvalue weighted by atomic mass is 19.2. The number of ether oxygens (including phenoxy) is 2. The van der Waals surface area contributed by atoms with Crippen molar-refractivity contribution < 1.29 is 36.8 Å². The lowest BCUT2D eigenvalue weighted by Crippen LogP contribution is -2.50. The van der Waals surface area contributed by atoms with Gasteiger partial charge < -0.3 is 24.6 Å². The van der Waals surface area contributed by atoms with Crippen LogP contribution in [0.5, 0.6) is 0 Å². The summed E-state index contributed by atoms with van der Waals surface area (Å²) in [7, 11) is 0. The first-order valence-electron chi connectivity index (χ1n) is 10.4. The standard InChI is InChI=1S/C21H23F3N4O5/c1-21(8-31-9-21)20-26-18(27-33-20)16-3-2-4-28(16)19(30)17(32-10-29)15(25)6-11-5-13(23)14(24)7-12(11)22/h5,7,10,15-17H,2-4,6,8-9,25H2,1H3/t15-,16+,17?/m1/s1. The SMILES string of the molecule is CC1(c2nc([C@@H]3CCCN3C(=O)C(OC=O)[C@H](N)Cc3cc(F)c(F)cc3F)no2)COC1. The summed E-state index contributed by atoms with van der Waals surface area (Å²) in [6, 6.07) is -0.677. The molecule has 12 heteroatoms. The third-order valence-electron chi connectivity index (χ3n) is 6.01. The van der Waals surface area contributed by atoms with Gasteiger partial charge in [0.15, 0.2) is 23.6 Å². The Balaban J connectivity index is 1.52. The highest BCUT2D eigenvalue weighted by Gasteiger charge is 2.44. The highest BCUT2D eigenvalue weighted by molar-refractivity contribution is 5.83. The molecule has 3 atom stereocenters. The number of nitrogens with two attached hydrogens (primary N) is 1. The molecule has 9 nitrogen and oxygen atoms in total. The van der Waals surface area contributed by atoms with Crippen LogP contribution in [0.2, 0.25) is 0 Å². The van der Waals surface area contributed by atoms with Gasteiger partial charge in [-0.1, -0.05) is 5.16 Å². The molecule has 178 valence electrons. The number of amides is 1. The van der Waals surface area contributed by atoms with E-state index in [2.05, 4.69) is 10.1 Å². The summed E-state index contributed by atoms with van der Waals surface area (Å²) in [6.07, 6.45) is -0.643. The summed E-state index contributed by atoms with van der Waals surface area (Å²) in [6.45, 7) is 3.23. The van der Waals surface area contributed by atoms with Crippen LogP contribution in [0.3, 0.4) is 0 Å². The van der Waals surface area contributed by atoms with Crippen LogP contribution in [0.25, 0.3) is 0 Å². The summed E-state index contributed by atoms with van der Waals surface area (Å²) in [5.74, 6) is -3.51. The maximum absolute atomic E-state index is 14.1. The molecule has 33 heavy (non-hydrogen) atoms. The molecule has 1 unspecified atom stereocenters. The van der Waals surface area contributed by atoms with E-state index in [1.54, 1.807) is 0 Å². The minimum Gasteiger partial charge on any atom is -0.453 e. The predicted octanol–water partition coefficient (Wildman–Crippen LogP) is 1.55. The number of hydrogen-bond donors (Lipinski definition) is 1. The van der Waals surface area contributed by atoms with E-state index in [-0.39, 0.29) is 23.9 Å². The Bertz CT molecular complexity index is 1040. The second-order valence-electron chi connectivity index (χ2n) is 8.58. The van der Waals surface area contributed by atoms with Gasteiger partial charge in [-0.15, -0.1) is 0 Å². The summed E-state index contributed by atoms with van der Waals surface area (Å²) < 4.78 is 56.4. The van der Waals surface area contributed by atoms with E-state index in [1.165, 1.54) is 4.90 Å². The zero-order chi connectivity index (χ0) is 23.8. The molecule has 1 amide bonds. The van der Waals surface area contributed by atoms with E-state index in [9.17, 15) is 22.8 Å². The molecule has 0 spiro atoms. The number of carbonyl (C=O) groups excluding carboxylic acids is 2. The molecule has 1 aromatic heterocycles. The zero-order valence-electron chi connectivity index (χ0n) is 17.8. The number of likely N-dealkylation sites (tertiary alicyclic amines) is 1. The van der Waals surface area contributed by atoms with Gasteiger partial charge in [-0.25, -0.2) is 13.2 Å². The predicted molar refractivity (Wildman–Crippen MR) is 105 cm³/mol. The average molecular weight is 468 g/mol. The fraction of sp³-hybridized carbons (Fsp3) is 0.524. The maximum atomic E-state index is 14.1. The first-order chi connectivity index (χ1) is 15.7. The van der Waals surface area contributed by atoms with Crippen molar-refractivity contribution in [3.05, 3.63) is 46.9 Å². The summed E-state index contributed by atoms with van der Waals surface area (Å²) in [5, 5.41) is 4.02.